The maximum Gasteiger partial charge on any atom is 0.317 e. The predicted octanol–water partition coefficient (Wildman–Crippen LogP) is 6.49. The number of hydrogen-bond donors (Lipinski definition) is 3. The summed E-state index contributed by atoms with van der Waals surface area (Å²) in [4.78, 5) is 46.7. The Morgan fingerprint density at radius 3 is 2.28 bits per heavy atom. The predicted molar refractivity (Wildman–Crippen MR) is 189 cm³/mol. The van der Waals surface area contributed by atoms with Gasteiger partial charge in [-0.2, -0.15) is 0 Å². The molecule has 250 valence electrons. The number of hydrogen-bond acceptors (Lipinski definition) is 7. The molecule has 47 heavy (non-hydrogen) atoms. The number of carboxylic acids is 1. The van der Waals surface area contributed by atoms with Gasteiger partial charge in [-0.05, 0) is 113 Å². The van der Waals surface area contributed by atoms with Crippen molar-refractivity contribution < 1.29 is 19.5 Å². The Hall–Kier alpha value is -3.73. The van der Waals surface area contributed by atoms with E-state index in [-0.39, 0.29) is 18.4 Å². The van der Waals surface area contributed by atoms with E-state index in [4.69, 9.17) is 0 Å². The lowest BCUT2D eigenvalue weighted by Gasteiger charge is -2.38. The van der Waals surface area contributed by atoms with E-state index in [0.29, 0.717) is 28.2 Å². The molecule has 1 saturated carbocycles. The zero-order valence-electron chi connectivity index (χ0n) is 27.6. The molecule has 6 rings (SSSR count). The first kappa shape index (κ1) is 33.2. The van der Waals surface area contributed by atoms with Gasteiger partial charge in [-0.25, -0.2) is 0 Å². The summed E-state index contributed by atoms with van der Waals surface area (Å²) in [5.41, 5.74) is 5.19. The Labute approximate surface area is 281 Å². The molecule has 10 heteroatoms. The third-order valence-electron chi connectivity index (χ3n) is 9.83. The summed E-state index contributed by atoms with van der Waals surface area (Å²) >= 11 is 1.54. The van der Waals surface area contributed by atoms with Crippen LogP contribution in [0.3, 0.4) is 0 Å². The molecule has 1 aliphatic heterocycles. The number of benzene rings is 2. The zero-order chi connectivity index (χ0) is 32.9. The first-order valence-corrected chi connectivity index (χ1v) is 18.1. The minimum Gasteiger partial charge on any atom is -0.480 e. The Morgan fingerprint density at radius 1 is 0.894 bits per heavy atom. The molecule has 3 aromatic rings. The summed E-state index contributed by atoms with van der Waals surface area (Å²) in [6.07, 6.45) is 8.17. The van der Waals surface area contributed by atoms with Gasteiger partial charge in [0.15, 0.2) is 0 Å². The van der Waals surface area contributed by atoms with Gasteiger partial charge in [-0.3, -0.25) is 24.2 Å². The molecule has 0 unspecified atom stereocenters. The maximum absolute atomic E-state index is 13.8. The van der Waals surface area contributed by atoms with Gasteiger partial charge in [-0.15, -0.1) is 11.3 Å². The quantitative estimate of drug-likeness (QED) is 0.193. The second kappa shape index (κ2) is 15.0. The number of rotatable bonds is 13. The third-order valence-corrected chi connectivity index (χ3v) is 11.0. The van der Waals surface area contributed by atoms with Crippen LogP contribution in [0, 0.1) is 0 Å². The van der Waals surface area contributed by atoms with Crippen molar-refractivity contribution in [2.24, 2.45) is 0 Å². The molecule has 2 aromatic carbocycles. The first-order chi connectivity index (χ1) is 22.8. The number of nitrogens with zero attached hydrogens (tertiary/aromatic N) is 3. The second-order valence-corrected chi connectivity index (χ2v) is 14.2. The van der Waals surface area contributed by atoms with Crippen LogP contribution in [0.15, 0.2) is 48.5 Å². The van der Waals surface area contributed by atoms with Gasteiger partial charge in [0.2, 0.25) is 0 Å². The number of anilines is 3. The molecule has 3 N–H and O–H groups in total. The molecule has 1 aromatic heterocycles. The molecular weight excluding hydrogens is 611 g/mol. The van der Waals surface area contributed by atoms with Crippen molar-refractivity contribution in [2.45, 2.75) is 83.8 Å². The van der Waals surface area contributed by atoms with E-state index in [1.165, 1.54) is 29.1 Å². The highest BCUT2D eigenvalue weighted by Gasteiger charge is 2.36. The fourth-order valence-electron chi connectivity index (χ4n) is 7.19. The van der Waals surface area contributed by atoms with Gasteiger partial charge < -0.3 is 20.6 Å². The Kier molecular flexibility index (Phi) is 10.6. The monoisotopic (exact) mass is 657 g/mol. The van der Waals surface area contributed by atoms with Crippen LogP contribution in [0.5, 0.6) is 0 Å². The van der Waals surface area contributed by atoms with Crippen LogP contribution in [0.1, 0.15) is 89.1 Å². The molecule has 9 nitrogen and oxygen atoms in total. The molecule has 2 amide bonds. The highest BCUT2D eigenvalue weighted by atomic mass is 32.1. The Balaban J connectivity index is 1.15. The number of aliphatic carboxylic acids is 1. The molecular formula is C37H47N5O4S. The number of piperidine rings is 1. The molecule has 2 heterocycles. The van der Waals surface area contributed by atoms with E-state index in [1.807, 2.05) is 47.4 Å². The van der Waals surface area contributed by atoms with Gasteiger partial charge in [0.25, 0.3) is 11.8 Å². The fourth-order valence-corrected chi connectivity index (χ4v) is 8.47. The van der Waals surface area contributed by atoms with Crippen LogP contribution in [0.4, 0.5) is 16.4 Å². The Morgan fingerprint density at radius 2 is 1.60 bits per heavy atom. The largest absolute Gasteiger partial charge is 0.480 e. The number of likely N-dealkylation sites (tertiary alicyclic amines) is 1. The minimum absolute atomic E-state index is 0.105. The van der Waals surface area contributed by atoms with E-state index in [9.17, 15) is 19.5 Å². The van der Waals surface area contributed by atoms with Crippen LogP contribution < -0.4 is 15.5 Å². The highest BCUT2D eigenvalue weighted by molar-refractivity contribution is 7.17. The van der Waals surface area contributed by atoms with E-state index >= 15 is 0 Å². The highest BCUT2D eigenvalue weighted by Crippen LogP contribution is 2.39. The van der Waals surface area contributed by atoms with E-state index in [1.54, 1.807) is 0 Å². The van der Waals surface area contributed by atoms with Crippen LogP contribution in [-0.2, 0) is 24.2 Å². The van der Waals surface area contributed by atoms with Gasteiger partial charge in [-0.1, -0.05) is 12.1 Å². The summed E-state index contributed by atoms with van der Waals surface area (Å²) in [6.45, 7) is 8.57. The number of thiophene rings is 1. The van der Waals surface area contributed by atoms with Crippen molar-refractivity contribution in [1.29, 1.82) is 0 Å². The summed E-state index contributed by atoms with van der Waals surface area (Å²) < 4.78 is 0. The van der Waals surface area contributed by atoms with Crippen LogP contribution >= 0.6 is 11.3 Å². The van der Waals surface area contributed by atoms with E-state index in [0.717, 1.165) is 93.8 Å². The van der Waals surface area contributed by atoms with Crippen molar-refractivity contribution >= 4 is 45.5 Å². The average Bonchev–Trinajstić information content (AvgIpc) is 3.85. The fraction of sp³-hybridized carbons (Fsp3) is 0.486. The number of carbonyl (C=O) groups is 3. The standard InChI is InChI=1S/C37H47N5O4S/c1-3-41(4-2)28-14-12-27(13-15-28)38-36(46)34-31-10-5-6-11-32(31)47-37(34)39-35(45)26-9-7-8-25(22-26)23-42(29-16-17-29)30-18-20-40(21-19-30)24-33(43)44/h7-9,12-15,22,29-30H,3-6,10-11,16-21,23-24H2,1-2H3,(H,38,46)(H,39,45)(H,43,44). The number of carbonyl (C=O) groups excluding carboxylic acids is 2. The molecule has 0 atom stereocenters. The summed E-state index contributed by atoms with van der Waals surface area (Å²) in [7, 11) is 0. The van der Waals surface area contributed by atoms with Gasteiger partial charge in [0.1, 0.15) is 5.00 Å². The number of nitrogens with one attached hydrogen (secondary N) is 2. The van der Waals surface area contributed by atoms with Crippen molar-refractivity contribution in [1.82, 2.24) is 9.80 Å². The smallest absolute Gasteiger partial charge is 0.317 e. The summed E-state index contributed by atoms with van der Waals surface area (Å²) in [5, 5.41) is 16.0. The molecule has 0 radical (unpaired) electrons. The van der Waals surface area contributed by atoms with Crippen molar-refractivity contribution in [2.75, 3.05) is 48.3 Å². The van der Waals surface area contributed by atoms with Gasteiger partial charge in [0, 0.05) is 66.6 Å². The number of fused-ring (bicyclic) bond motifs is 1. The maximum atomic E-state index is 13.8. The molecule has 2 fully saturated rings. The molecule has 3 aliphatic rings. The van der Waals surface area contributed by atoms with Gasteiger partial charge in [0.05, 0.1) is 12.1 Å². The van der Waals surface area contributed by atoms with Crippen molar-refractivity contribution in [3.63, 3.8) is 0 Å². The molecule has 0 spiro atoms. The zero-order valence-corrected chi connectivity index (χ0v) is 28.4. The normalized spacial score (nSPS) is 16.9. The van der Waals surface area contributed by atoms with Gasteiger partial charge >= 0.3 is 5.97 Å². The van der Waals surface area contributed by atoms with Crippen molar-refractivity contribution in [3.05, 3.63) is 75.7 Å². The van der Waals surface area contributed by atoms with Crippen molar-refractivity contribution in [3.8, 4) is 0 Å². The lowest BCUT2D eigenvalue weighted by molar-refractivity contribution is -0.138. The average molecular weight is 658 g/mol. The number of amides is 2. The van der Waals surface area contributed by atoms with Crippen LogP contribution in [0.25, 0.3) is 0 Å². The summed E-state index contributed by atoms with van der Waals surface area (Å²) in [5.74, 6) is -1.16. The van der Waals surface area contributed by atoms with E-state index in [2.05, 4.69) is 40.3 Å². The number of aryl methyl sites for hydroxylation is 1. The second-order valence-electron chi connectivity index (χ2n) is 13.0. The lowest BCUT2D eigenvalue weighted by Crippen LogP contribution is -2.46. The number of carboxylic acid groups (broad SMARTS) is 1. The topological polar surface area (TPSA) is 105 Å². The SMILES string of the molecule is CCN(CC)c1ccc(NC(=O)c2c(NC(=O)c3cccc(CN(C4CC4)C4CCN(CC(=O)O)CC4)c3)sc3c2CCCC3)cc1. The summed E-state index contributed by atoms with van der Waals surface area (Å²) in [6, 6.07) is 16.8. The molecule has 1 saturated heterocycles. The van der Waals surface area contributed by atoms with Crippen LogP contribution in [-0.4, -0.2) is 77.5 Å². The van der Waals surface area contributed by atoms with E-state index < -0.39 is 5.97 Å². The minimum atomic E-state index is -0.770. The van der Waals surface area contributed by atoms with Crippen LogP contribution in [0.2, 0.25) is 0 Å². The third kappa shape index (κ3) is 8.05. The first-order valence-electron chi connectivity index (χ1n) is 17.2. The lowest BCUT2D eigenvalue weighted by atomic mass is 9.95. The Bertz CT molecular complexity index is 1570. The molecule has 0 bridgehead atoms. The molecule has 2 aliphatic carbocycles.